The third kappa shape index (κ3) is 3.83. The van der Waals surface area contributed by atoms with Gasteiger partial charge < -0.3 is 4.90 Å². The number of nitrogens with one attached hydrogen (secondary N) is 1. The summed E-state index contributed by atoms with van der Waals surface area (Å²) in [5.74, 6) is -2.99. The number of halogens is 3. The average Bonchev–Trinajstić information content (AvgIpc) is 3.15. The molecule has 30 heavy (non-hydrogen) atoms. The molecule has 2 aromatic carbocycles. The van der Waals surface area contributed by atoms with Gasteiger partial charge in [0, 0.05) is 25.6 Å². The van der Waals surface area contributed by atoms with Crippen molar-refractivity contribution in [3.8, 4) is 11.1 Å². The van der Waals surface area contributed by atoms with Gasteiger partial charge in [0.25, 0.3) is 0 Å². The third-order valence-electron chi connectivity index (χ3n) is 5.68. The van der Waals surface area contributed by atoms with Gasteiger partial charge in [-0.2, -0.15) is 0 Å². The predicted molar refractivity (Wildman–Crippen MR) is 106 cm³/mol. The number of carbonyl (C=O) groups is 1. The molecule has 0 radical (unpaired) electrons. The molecule has 1 saturated carbocycles. The molecule has 2 fully saturated rings. The number of likely N-dealkylation sites (tertiary alicyclic amines) is 1. The monoisotopic (exact) mass is 438 g/mol. The molecular formula is C21H21F3N2O3S. The van der Waals surface area contributed by atoms with Gasteiger partial charge in [0.15, 0.2) is 0 Å². The van der Waals surface area contributed by atoms with E-state index in [4.69, 9.17) is 0 Å². The lowest BCUT2D eigenvalue weighted by atomic mass is 9.93. The summed E-state index contributed by atoms with van der Waals surface area (Å²) in [5.41, 5.74) is -2.17. The average molecular weight is 438 g/mol. The van der Waals surface area contributed by atoms with Crippen LogP contribution in [-0.2, 0) is 20.5 Å². The first kappa shape index (κ1) is 20.9. The number of hydrogen-bond donors (Lipinski definition) is 1. The van der Waals surface area contributed by atoms with Gasteiger partial charge in [-0.25, -0.2) is 26.3 Å². The van der Waals surface area contributed by atoms with Crippen LogP contribution in [0.25, 0.3) is 11.1 Å². The fraction of sp³-hybridized carbons (Fsp3) is 0.381. The fourth-order valence-corrected chi connectivity index (χ4v) is 5.02. The number of alkyl halides is 1. The molecule has 1 saturated heterocycles. The zero-order chi connectivity index (χ0) is 21.7. The first-order chi connectivity index (χ1) is 14.1. The van der Waals surface area contributed by atoms with Gasteiger partial charge >= 0.3 is 0 Å². The number of rotatable bonds is 5. The molecule has 1 aliphatic carbocycles. The van der Waals surface area contributed by atoms with Gasteiger partial charge in [-0.1, -0.05) is 30.3 Å². The van der Waals surface area contributed by atoms with Crippen LogP contribution in [0.2, 0.25) is 0 Å². The topological polar surface area (TPSA) is 66.5 Å². The lowest BCUT2D eigenvalue weighted by Crippen LogP contribution is -2.38. The van der Waals surface area contributed by atoms with Crippen molar-refractivity contribution < 1.29 is 26.4 Å². The Bertz CT molecular complexity index is 1090. The first-order valence-electron chi connectivity index (χ1n) is 9.59. The summed E-state index contributed by atoms with van der Waals surface area (Å²) in [4.78, 5) is 14.3. The highest BCUT2D eigenvalue weighted by Gasteiger charge is 2.62. The van der Waals surface area contributed by atoms with E-state index in [1.54, 1.807) is 12.1 Å². The second kappa shape index (κ2) is 7.39. The minimum Gasteiger partial charge on any atom is -0.341 e. The van der Waals surface area contributed by atoms with E-state index in [-0.39, 0.29) is 29.7 Å². The number of nitrogens with zero attached hydrogens (tertiary/aromatic N) is 1. The van der Waals surface area contributed by atoms with E-state index in [0.717, 1.165) is 18.4 Å². The highest BCUT2D eigenvalue weighted by atomic mass is 32.2. The minimum atomic E-state index is -3.40. The van der Waals surface area contributed by atoms with E-state index >= 15 is 4.39 Å². The van der Waals surface area contributed by atoms with E-state index in [2.05, 4.69) is 4.72 Å². The van der Waals surface area contributed by atoms with E-state index in [1.807, 2.05) is 0 Å². The standard InChI is InChI=1S/C21H21F3N2O3S/c1-30(28,29)25-13-9-10-26(12-13)20(27)16-11-21(16,24)15-6-3-2-5-14(15)19-17(22)7-4-8-18(19)23/h2-8,13,16,25H,9-12H2,1H3/t13-,16-,21+/m0/s1. The predicted octanol–water partition coefficient (Wildman–Crippen LogP) is 2.97. The second-order valence-electron chi connectivity index (χ2n) is 7.92. The molecule has 0 unspecified atom stereocenters. The highest BCUT2D eigenvalue weighted by molar-refractivity contribution is 7.88. The Morgan fingerprint density at radius 3 is 2.47 bits per heavy atom. The number of amides is 1. The summed E-state index contributed by atoms with van der Waals surface area (Å²) in [6.45, 7) is 0.490. The molecule has 2 aromatic rings. The lowest BCUT2D eigenvalue weighted by molar-refractivity contribution is -0.132. The summed E-state index contributed by atoms with van der Waals surface area (Å²) in [7, 11) is -3.40. The van der Waals surface area contributed by atoms with Crippen LogP contribution < -0.4 is 4.72 Å². The molecule has 5 nitrogen and oxygen atoms in total. The zero-order valence-corrected chi connectivity index (χ0v) is 17.1. The smallest absolute Gasteiger partial charge is 0.229 e. The quantitative estimate of drug-likeness (QED) is 0.781. The largest absolute Gasteiger partial charge is 0.341 e. The van der Waals surface area contributed by atoms with E-state index in [9.17, 15) is 22.0 Å². The maximum atomic E-state index is 15.8. The molecule has 0 bridgehead atoms. The molecule has 0 spiro atoms. The molecule has 2 aliphatic rings. The van der Waals surface area contributed by atoms with Crippen LogP contribution in [-0.4, -0.2) is 44.6 Å². The Kier molecular flexibility index (Phi) is 5.14. The van der Waals surface area contributed by atoms with Gasteiger partial charge in [0.05, 0.1) is 17.7 Å². The Hall–Kier alpha value is -2.39. The summed E-state index contributed by atoms with van der Waals surface area (Å²) in [6.07, 6.45) is 1.41. The summed E-state index contributed by atoms with van der Waals surface area (Å²) < 4.78 is 69.6. The highest BCUT2D eigenvalue weighted by Crippen LogP contribution is 2.58. The van der Waals surface area contributed by atoms with Crippen molar-refractivity contribution in [3.05, 3.63) is 59.7 Å². The van der Waals surface area contributed by atoms with Gasteiger partial charge in [0.2, 0.25) is 15.9 Å². The SMILES string of the molecule is CS(=O)(=O)N[C@H]1CCN(C(=O)[C@@H]2C[C@@]2(F)c2ccccc2-c2c(F)cccc2F)C1. The van der Waals surface area contributed by atoms with Crippen LogP contribution in [0, 0.1) is 17.6 Å². The molecule has 0 aromatic heterocycles. The van der Waals surface area contributed by atoms with Crippen LogP contribution in [0.5, 0.6) is 0 Å². The molecule has 1 amide bonds. The van der Waals surface area contributed by atoms with Crippen molar-refractivity contribution in [3.63, 3.8) is 0 Å². The number of hydrogen-bond acceptors (Lipinski definition) is 3. The Morgan fingerprint density at radius 1 is 1.13 bits per heavy atom. The molecule has 4 rings (SSSR count). The summed E-state index contributed by atoms with van der Waals surface area (Å²) in [6, 6.07) is 9.07. The maximum absolute atomic E-state index is 15.8. The first-order valence-corrected chi connectivity index (χ1v) is 11.5. The number of carbonyl (C=O) groups excluding carboxylic acids is 1. The van der Waals surface area contributed by atoms with E-state index in [0.29, 0.717) is 13.0 Å². The molecule has 160 valence electrons. The molecule has 1 N–H and O–H groups in total. The van der Waals surface area contributed by atoms with Gasteiger partial charge in [-0.05, 0) is 29.7 Å². The molecule has 9 heteroatoms. The zero-order valence-electron chi connectivity index (χ0n) is 16.2. The van der Waals surface area contributed by atoms with E-state index in [1.165, 1.54) is 23.1 Å². The van der Waals surface area contributed by atoms with Crippen molar-refractivity contribution in [1.29, 1.82) is 0 Å². The molecule has 3 atom stereocenters. The summed E-state index contributed by atoms with van der Waals surface area (Å²) >= 11 is 0. The molecule has 1 aliphatic heterocycles. The second-order valence-corrected chi connectivity index (χ2v) is 9.70. The Labute approximate surface area is 172 Å². The molecule has 1 heterocycles. The number of benzene rings is 2. The van der Waals surface area contributed by atoms with Crippen molar-refractivity contribution >= 4 is 15.9 Å². The van der Waals surface area contributed by atoms with Crippen LogP contribution in [0.4, 0.5) is 13.2 Å². The van der Waals surface area contributed by atoms with Gasteiger partial charge in [-0.15, -0.1) is 0 Å². The van der Waals surface area contributed by atoms with Crippen LogP contribution in [0.15, 0.2) is 42.5 Å². The lowest BCUT2D eigenvalue weighted by Gasteiger charge is -2.19. The maximum Gasteiger partial charge on any atom is 0.229 e. The van der Waals surface area contributed by atoms with Crippen molar-refractivity contribution in [2.45, 2.75) is 24.6 Å². The fourth-order valence-electron chi connectivity index (χ4n) is 4.22. The Morgan fingerprint density at radius 2 is 1.80 bits per heavy atom. The van der Waals surface area contributed by atoms with Crippen LogP contribution >= 0.6 is 0 Å². The minimum absolute atomic E-state index is 0.0809. The van der Waals surface area contributed by atoms with Gasteiger partial charge in [0.1, 0.15) is 17.3 Å². The van der Waals surface area contributed by atoms with Crippen LogP contribution in [0.1, 0.15) is 18.4 Å². The summed E-state index contributed by atoms with van der Waals surface area (Å²) in [5, 5.41) is 0. The normalized spacial score (nSPS) is 26.1. The van der Waals surface area contributed by atoms with Crippen molar-refractivity contribution in [1.82, 2.24) is 9.62 Å². The van der Waals surface area contributed by atoms with Crippen molar-refractivity contribution in [2.24, 2.45) is 5.92 Å². The van der Waals surface area contributed by atoms with E-state index < -0.39 is 45.2 Å². The molecular weight excluding hydrogens is 417 g/mol. The van der Waals surface area contributed by atoms with Crippen molar-refractivity contribution in [2.75, 3.05) is 19.3 Å². The number of sulfonamides is 1. The Balaban J connectivity index is 1.57. The van der Waals surface area contributed by atoms with Crippen LogP contribution in [0.3, 0.4) is 0 Å². The third-order valence-corrected chi connectivity index (χ3v) is 6.44. The van der Waals surface area contributed by atoms with Gasteiger partial charge in [-0.3, -0.25) is 4.79 Å².